The molecule has 0 atom stereocenters. The van der Waals surface area contributed by atoms with Gasteiger partial charge in [-0.15, -0.1) is 11.3 Å². The van der Waals surface area contributed by atoms with E-state index in [0.717, 1.165) is 24.2 Å². The topological polar surface area (TPSA) is 89.6 Å². The highest BCUT2D eigenvalue weighted by atomic mass is 32.1. The van der Waals surface area contributed by atoms with Crippen molar-refractivity contribution in [3.8, 4) is 6.08 Å². The van der Waals surface area contributed by atoms with E-state index >= 15 is 0 Å². The van der Waals surface area contributed by atoms with Gasteiger partial charge in [0.2, 0.25) is 0 Å². The number of carboxylic acid groups (broad SMARTS) is 1. The molecular formula is C16H21NO5S. The second-order valence-electron chi connectivity index (χ2n) is 5.42. The lowest BCUT2D eigenvalue weighted by atomic mass is 10.1. The summed E-state index contributed by atoms with van der Waals surface area (Å²) in [5, 5.41) is 9.33. The molecule has 126 valence electrons. The van der Waals surface area contributed by atoms with Crippen molar-refractivity contribution in [3.63, 3.8) is 0 Å². The highest BCUT2D eigenvalue weighted by Crippen LogP contribution is 2.28. The van der Waals surface area contributed by atoms with Crippen molar-refractivity contribution < 1.29 is 19.1 Å². The van der Waals surface area contributed by atoms with E-state index in [4.69, 9.17) is 14.3 Å². The summed E-state index contributed by atoms with van der Waals surface area (Å²) in [6.45, 7) is 4.19. The first-order valence-electron chi connectivity index (χ1n) is 7.85. The lowest BCUT2D eigenvalue weighted by Gasteiger charge is -2.03. The number of carbonyl (C=O) groups is 1. The first-order chi connectivity index (χ1) is 11.0. The van der Waals surface area contributed by atoms with Crippen LogP contribution in [0.2, 0.25) is 0 Å². The Balaban J connectivity index is 2.00. The molecule has 0 aliphatic carbocycles. The fraction of sp³-hybridized carbons (Fsp3) is 0.562. The standard InChI is InChI=1S/C16H21NO5S/c1-3-4-5-6-7-8-9-21-16-17-13-11(15(20)22-16)10(2)12(23-13)14(18)19/h3-9H2,1-2H3,(H,18,19). The number of hydrogen-bond acceptors (Lipinski definition) is 6. The minimum absolute atomic E-state index is 0.0887. The van der Waals surface area contributed by atoms with Gasteiger partial charge in [-0.1, -0.05) is 39.0 Å². The zero-order chi connectivity index (χ0) is 16.8. The summed E-state index contributed by atoms with van der Waals surface area (Å²) in [5.74, 6) is -1.07. The normalized spacial score (nSPS) is 11.0. The summed E-state index contributed by atoms with van der Waals surface area (Å²) in [6, 6.07) is 0. The van der Waals surface area contributed by atoms with Crippen LogP contribution in [0.25, 0.3) is 10.2 Å². The van der Waals surface area contributed by atoms with E-state index in [2.05, 4.69) is 11.9 Å². The molecule has 6 nitrogen and oxygen atoms in total. The van der Waals surface area contributed by atoms with E-state index in [1.165, 1.54) is 25.7 Å². The third kappa shape index (κ3) is 4.31. The Morgan fingerprint density at radius 3 is 2.65 bits per heavy atom. The molecular weight excluding hydrogens is 318 g/mol. The van der Waals surface area contributed by atoms with Gasteiger partial charge in [0.25, 0.3) is 0 Å². The van der Waals surface area contributed by atoms with Crippen LogP contribution in [0.3, 0.4) is 0 Å². The fourth-order valence-corrected chi connectivity index (χ4v) is 3.36. The first-order valence-corrected chi connectivity index (χ1v) is 8.66. The number of thiophene rings is 1. The van der Waals surface area contributed by atoms with Gasteiger partial charge in [-0.25, -0.2) is 9.59 Å². The number of fused-ring (bicyclic) bond motifs is 1. The lowest BCUT2D eigenvalue weighted by Crippen LogP contribution is -2.06. The van der Waals surface area contributed by atoms with Crippen molar-refractivity contribution >= 4 is 27.5 Å². The van der Waals surface area contributed by atoms with Crippen molar-refractivity contribution in [3.05, 3.63) is 20.9 Å². The van der Waals surface area contributed by atoms with Crippen LogP contribution >= 0.6 is 11.3 Å². The average Bonchev–Trinajstić information content (AvgIpc) is 2.84. The molecule has 2 rings (SSSR count). The van der Waals surface area contributed by atoms with E-state index in [-0.39, 0.29) is 16.3 Å². The van der Waals surface area contributed by atoms with Crippen LogP contribution in [0.1, 0.15) is 60.7 Å². The number of rotatable bonds is 9. The minimum atomic E-state index is -1.07. The zero-order valence-electron chi connectivity index (χ0n) is 13.4. The van der Waals surface area contributed by atoms with Crippen molar-refractivity contribution in [1.29, 1.82) is 0 Å². The third-order valence-corrected chi connectivity index (χ3v) is 4.80. The van der Waals surface area contributed by atoms with Crippen LogP contribution in [0.5, 0.6) is 6.08 Å². The summed E-state index contributed by atoms with van der Waals surface area (Å²) >= 11 is 0.962. The number of hydrogen-bond donors (Lipinski definition) is 1. The highest BCUT2D eigenvalue weighted by molar-refractivity contribution is 7.20. The number of nitrogens with zero attached hydrogens (tertiary/aromatic N) is 1. The molecule has 0 radical (unpaired) electrons. The van der Waals surface area contributed by atoms with E-state index < -0.39 is 11.6 Å². The van der Waals surface area contributed by atoms with Gasteiger partial charge in [0.05, 0.1) is 6.61 Å². The van der Waals surface area contributed by atoms with Crippen LogP contribution in [-0.4, -0.2) is 22.7 Å². The molecule has 0 saturated carbocycles. The summed E-state index contributed by atoms with van der Waals surface area (Å²) in [4.78, 5) is 27.7. The number of aromatic carboxylic acids is 1. The Kier molecular flexibility index (Phi) is 6.15. The summed E-state index contributed by atoms with van der Waals surface area (Å²) in [5.41, 5.74) is -0.213. The molecule has 0 amide bonds. The maximum Gasteiger partial charge on any atom is 0.397 e. The summed E-state index contributed by atoms with van der Waals surface area (Å²) < 4.78 is 10.4. The molecule has 0 spiro atoms. The van der Waals surface area contributed by atoms with Gasteiger partial charge in [-0.2, -0.15) is 4.98 Å². The second-order valence-corrected chi connectivity index (χ2v) is 6.42. The van der Waals surface area contributed by atoms with Gasteiger partial charge in [-0.05, 0) is 18.9 Å². The maximum absolute atomic E-state index is 12.0. The van der Waals surface area contributed by atoms with Crippen molar-refractivity contribution in [1.82, 2.24) is 4.98 Å². The van der Waals surface area contributed by atoms with Crippen molar-refractivity contribution in [2.75, 3.05) is 6.61 Å². The second kappa shape index (κ2) is 8.10. The Labute approximate surface area is 138 Å². The molecule has 0 fully saturated rings. The third-order valence-electron chi connectivity index (χ3n) is 3.62. The smallest absolute Gasteiger partial charge is 0.397 e. The fourth-order valence-electron chi connectivity index (χ4n) is 2.36. The van der Waals surface area contributed by atoms with Crippen molar-refractivity contribution in [2.24, 2.45) is 0 Å². The van der Waals surface area contributed by atoms with Crippen LogP contribution in [0.15, 0.2) is 9.21 Å². The predicted molar refractivity (Wildman–Crippen MR) is 88.7 cm³/mol. The van der Waals surface area contributed by atoms with E-state index in [1.54, 1.807) is 6.92 Å². The van der Waals surface area contributed by atoms with Crippen LogP contribution in [0, 0.1) is 6.92 Å². The van der Waals surface area contributed by atoms with Crippen molar-refractivity contribution in [2.45, 2.75) is 52.4 Å². The number of carboxylic acids is 1. The Hall–Kier alpha value is -1.89. The molecule has 2 aromatic heterocycles. The predicted octanol–water partition coefficient (Wildman–Crippen LogP) is 4.00. The number of aryl methyl sites for hydroxylation is 1. The highest BCUT2D eigenvalue weighted by Gasteiger charge is 2.20. The monoisotopic (exact) mass is 339 g/mol. The largest absolute Gasteiger partial charge is 0.477 e. The number of unbranched alkanes of at least 4 members (excludes halogenated alkanes) is 5. The molecule has 0 bridgehead atoms. The van der Waals surface area contributed by atoms with Crippen LogP contribution < -0.4 is 10.4 Å². The number of ether oxygens (including phenoxy) is 1. The number of aromatic nitrogens is 1. The Bertz CT molecular complexity index is 734. The van der Waals surface area contributed by atoms with Crippen LogP contribution in [0.4, 0.5) is 0 Å². The zero-order valence-corrected chi connectivity index (χ0v) is 14.2. The molecule has 23 heavy (non-hydrogen) atoms. The van der Waals surface area contributed by atoms with Gasteiger partial charge in [0.1, 0.15) is 15.1 Å². The molecule has 0 aromatic carbocycles. The SMILES string of the molecule is CCCCCCCCOc1nc2sc(C(=O)O)c(C)c2c(=O)o1. The molecule has 2 heterocycles. The molecule has 1 N–H and O–H groups in total. The van der Waals surface area contributed by atoms with E-state index in [1.807, 2.05) is 0 Å². The molecule has 0 unspecified atom stereocenters. The molecule has 2 aromatic rings. The lowest BCUT2D eigenvalue weighted by molar-refractivity contribution is 0.0701. The Morgan fingerprint density at radius 1 is 1.26 bits per heavy atom. The maximum atomic E-state index is 12.0. The minimum Gasteiger partial charge on any atom is -0.477 e. The van der Waals surface area contributed by atoms with Gasteiger partial charge in [0.15, 0.2) is 0 Å². The summed E-state index contributed by atoms with van der Waals surface area (Å²) in [6.07, 6.45) is 6.70. The average molecular weight is 339 g/mol. The quantitative estimate of drug-likeness (QED) is 0.695. The van der Waals surface area contributed by atoms with Gasteiger partial charge >= 0.3 is 17.7 Å². The summed E-state index contributed by atoms with van der Waals surface area (Å²) in [7, 11) is 0. The van der Waals surface area contributed by atoms with Gasteiger partial charge in [-0.3, -0.25) is 0 Å². The van der Waals surface area contributed by atoms with E-state index in [9.17, 15) is 9.59 Å². The van der Waals surface area contributed by atoms with Gasteiger partial charge < -0.3 is 14.3 Å². The first kappa shape index (κ1) is 17.5. The molecule has 0 aliphatic rings. The van der Waals surface area contributed by atoms with Gasteiger partial charge in [0, 0.05) is 0 Å². The molecule has 0 saturated heterocycles. The van der Waals surface area contributed by atoms with E-state index in [0.29, 0.717) is 17.0 Å². The molecule has 7 heteroatoms. The van der Waals surface area contributed by atoms with Crippen LogP contribution in [-0.2, 0) is 0 Å². The molecule has 0 aliphatic heterocycles. The Morgan fingerprint density at radius 2 is 1.96 bits per heavy atom.